The molecule has 0 spiro atoms. The third-order valence-corrected chi connectivity index (χ3v) is 8.36. The number of piperazine rings is 1. The topological polar surface area (TPSA) is 145 Å². The third-order valence-electron chi connectivity index (χ3n) is 8.36. The zero-order valence-electron chi connectivity index (χ0n) is 24.5. The van der Waals surface area contributed by atoms with Gasteiger partial charge in [-0.2, -0.15) is 0 Å². The molecule has 13 nitrogen and oxygen atoms in total. The monoisotopic (exact) mass is 594 g/mol. The number of benzene rings is 1. The molecule has 7 rings (SSSR count). The summed E-state index contributed by atoms with van der Waals surface area (Å²) in [5.41, 5.74) is 7.68. The van der Waals surface area contributed by atoms with E-state index in [0.717, 1.165) is 80.6 Å². The summed E-state index contributed by atoms with van der Waals surface area (Å²) in [6.07, 6.45) is 7.44. The number of pyridine rings is 1. The Balaban J connectivity index is 0.946. The Hall–Kier alpha value is -5.04. The molecule has 0 atom stereocenters. The van der Waals surface area contributed by atoms with Crippen molar-refractivity contribution in [3.63, 3.8) is 0 Å². The largest absolute Gasteiger partial charge is 0.478 e. The molecule has 3 aromatic heterocycles. The van der Waals surface area contributed by atoms with Crippen molar-refractivity contribution in [1.29, 1.82) is 0 Å². The van der Waals surface area contributed by atoms with Crippen LogP contribution in [0.1, 0.15) is 32.7 Å². The number of anilines is 5. The lowest BCUT2D eigenvalue weighted by atomic mass is 10.0. The number of nitrogens with zero attached hydrogens (tertiary/aromatic N) is 8. The normalized spacial score (nSPS) is 16.4. The minimum atomic E-state index is -1.02. The van der Waals surface area contributed by atoms with Gasteiger partial charge in [-0.05, 0) is 36.6 Å². The van der Waals surface area contributed by atoms with Gasteiger partial charge in [-0.25, -0.2) is 29.7 Å². The highest BCUT2D eigenvalue weighted by Crippen LogP contribution is 2.36. The predicted octanol–water partition coefficient (Wildman–Crippen LogP) is 3.10. The highest BCUT2D eigenvalue weighted by Gasteiger charge is 2.24. The van der Waals surface area contributed by atoms with Gasteiger partial charge in [-0.15, -0.1) is 0 Å². The van der Waals surface area contributed by atoms with E-state index in [0.29, 0.717) is 30.9 Å². The number of carboxylic acids is 1. The van der Waals surface area contributed by atoms with Crippen LogP contribution >= 0.6 is 0 Å². The number of carboxylic acid groups (broad SMARTS) is 1. The van der Waals surface area contributed by atoms with Crippen molar-refractivity contribution in [3.05, 3.63) is 77.0 Å². The number of hydrogen-bond acceptors (Lipinski definition) is 12. The molecule has 1 aromatic carbocycles. The zero-order chi connectivity index (χ0) is 30.0. The van der Waals surface area contributed by atoms with Crippen molar-refractivity contribution in [3.8, 4) is 5.88 Å². The lowest BCUT2D eigenvalue weighted by Gasteiger charge is -2.34. The Kier molecular flexibility index (Phi) is 7.52. The minimum Gasteiger partial charge on any atom is -0.478 e. The second-order valence-corrected chi connectivity index (χ2v) is 11.2. The summed E-state index contributed by atoms with van der Waals surface area (Å²) in [4.78, 5) is 40.3. The number of hydrogen-bond donors (Lipinski definition) is 3. The van der Waals surface area contributed by atoms with E-state index in [1.165, 1.54) is 23.5 Å². The molecule has 3 N–H and O–H groups in total. The van der Waals surface area contributed by atoms with E-state index in [9.17, 15) is 4.79 Å². The molecule has 44 heavy (non-hydrogen) atoms. The number of carbonyl (C=O) groups is 1. The summed E-state index contributed by atoms with van der Waals surface area (Å²) in [6.45, 7) is 9.26. The van der Waals surface area contributed by atoms with Crippen LogP contribution in [0.25, 0.3) is 0 Å². The number of ether oxygens (including phenoxy) is 1. The first-order valence-electron chi connectivity index (χ1n) is 14.8. The average Bonchev–Trinajstić information content (AvgIpc) is 3.06. The molecule has 6 heterocycles. The Labute approximate surface area is 255 Å². The molecule has 0 aliphatic carbocycles. The van der Waals surface area contributed by atoms with Crippen LogP contribution in [0.4, 0.5) is 29.0 Å². The fraction of sp³-hybridized carbons (Fsp3) is 0.355. The van der Waals surface area contributed by atoms with Crippen molar-refractivity contribution in [2.45, 2.75) is 26.4 Å². The Morgan fingerprint density at radius 3 is 2.55 bits per heavy atom. The fourth-order valence-corrected chi connectivity index (χ4v) is 5.88. The smallest absolute Gasteiger partial charge is 0.338 e. The van der Waals surface area contributed by atoms with Gasteiger partial charge in [0.05, 0.1) is 29.7 Å². The molecule has 4 aromatic rings. The fourth-order valence-electron chi connectivity index (χ4n) is 5.88. The average molecular weight is 595 g/mol. The van der Waals surface area contributed by atoms with Gasteiger partial charge in [0.25, 0.3) is 0 Å². The van der Waals surface area contributed by atoms with Gasteiger partial charge in [0.1, 0.15) is 12.3 Å². The predicted molar refractivity (Wildman–Crippen MR) is 166 cm³/mol. The Bertz CT molecular complexity index is 1660. The van der Waals surface area contributed by atoms with E-state index in [1.54, 1.807) is 0 Å². The molecular weight excluding hydrogens is 560 g/mol. The minimum absolute atomic E-state index is 0.0953. The maximum Gasteiger partial charge on any atom is 0.338 e. The molecule has 3 aliphatic heterocycles. The van der Waals surface area contributed by atoms with E-state index in [-0.39, 0.29) is 5.56 Å². The maximum atomic E-state index is 11.0. The number of aromatic nitrogens is 5. The van der Waals surface area contributed by atoms with Crippen LogP contribution in [-0.4, -0.2) is 86.8 Å². The van der Waals surface area contributed by atoms with E-state index >= 15 is 0 Å². The van der Waals surface area contributed by atoms with Crippen LogP contribution in [0.5, 0.6) is 5.88 Å². The summed E-state index contributed by atoms with van der Waals surface area (Å²) < 4.78 is 5.70. The van der Waals surface area contributed by atoms with Gasteiger partial charge < -0.3 is 30.3 Å². The molecule has 0 saturated carbocycles. The van der Waals surface area contributed by atoms with Crippen LogP contribution in [0, 0.1) is 6.92 Å². The number of fused-ring (bicyclic) bond motifs is 2. The maximum absolute atomic E-state index is 11.0. The number of aromatic carboxylic acids is 1. The van der Waals surface area contributed by atoms with Crippen LogP contribution in [0.2, 0.25) is 0 Å². The summed E-state index contributed by atoms with van der Waals surface area (Å²) in [5, 5.41) is 15.9. The van der Waals surface area contributed by atoms with Crippen molar-refractivity contribution in [2.24, 2.45) is 0 Å². The molecule has 0 unspecified atom stereocenters. The number of nitrogens with one attached hydrogen (secondary N) is 2. The summed E-state index contributed by atoms with van der Waals surface area (Å²) in [5.74, 6) is 0.811. The molecular formula is C31H34N10O3. The van der Waals surface area contributed by atoms with Crippen molar-refractivity contribution < 1.29 is 14.6 Å². The molecule has 0 radical (unpaired) electrons. The molecule has 3 aliphatic rings. The first-order valence-corrected chi connectivity index (χ1v) is 14.8. The molecule has 13 heteroatoms. The van der Waals surface area contributed by atoms with Crippen LogP contribution in [0.3, 0.4) is 0 Å². The highest BCUT2D eigenvalue weighted by atomic mass is 16.5. The molecule has 0 bridgehead atoms. The Morgan fingerprint density at radius 2 is 1.77 bits per heavy atom. The van der Waals surface area contributed by atoms with Crippen molar-refractivity contribution in [2.75, 3.05) is 66.3 Å². The third kappa shape index (κ3) is 5.78. The lowest BCUT2D eigenvalue weighted by Crippen LogP contribution is -2.46. The zero-order valence-corrected chi connectivity index (χ0v) is 24.5. The molecule has 226 valence electrons. The second kappa shape index (κ2) is 11.9. The van der Waals surface area contributed by atoms with Crippen molar-refractivity contribution >= 4 is 34.9 Å². The second-order valence-electron chi connectivity index (χ2n) is 11.2. The van der Waals surface area contributed by atoms with E-state index < -0.39 is 5.97 Å². The summed E-state index contributed by atoms with van der Waals surface area (Å²) >= 11 is 0. The first-order chi connectivity index (χ1) is 21.5. The molecule has 0 amide bonds. The van der Waals surface area contributed by atoms with Crippen LogP contribution in [0.15, 0.2) is 49.1 Å². The lowest BCUT2D eigenvalue weighted by molar-refractivity contribution is 0.0696. The van der Waals surface area contributed by atoms with E-state index in [1.807, 2.05) is 12.4 Å². The van der Waals surface area contributed by atoms with Crippen LogP contribution in [-0.2, 0) is 19.5 Å². The van der Waals surface area contributed by atoms with Gasteiger partial charge in [-0.3, -0.25) is 4.90 Å². The SMILES string of the molecule is Cc1c(N2CCc3cnc(Nc4ccc(CN5CCN(c6ncc(C(=O)O)cn6)CC5)cc4)nc3C2)cnc2c1NCCO2. The Morgan fingerprint density at radius 1 is 0.977 bits per heavy atom. The van der Waals surface area contributed by atoms with Crippen LogP contribution < -0.4 is 25.2 Å². The summed E-state index contributed by atoms with van der Waals surface area (Å²) in [6, 6.07) is 8.39. The molecule has 1 fully saturated rings. The van der Waals surface area contributed by atoms with Gasteiger partial charge in [0.2, 0.25) is 17.8 Å². The number of rotatable bonds is 7. The van der Waals surface area contributed by atoms with Gasteiger partial charge >= 0.3 is 5.97 Å². The highest BCUT2D eigenvalue weighted by molar-refractivity contribution is 5.86. The van der Waals surface area contributed by atoms with Gasteiger partial charge in [0, 0.05) is 75.7 Å². The molecule has 1 saturated heterocycles. The van der Waals surface area contributed by atoms with E-state index in [2.05, 4.69) is 76.5 Å². The van der Waals surface area contributed by atoms with Crippen molar-refractivity contribution in [1.82, 2.24) is 29.8 Å². The first kappa shape index (κ1) is 27.8. The van der Waals surface area contributed by atoms with Gasteiger partial charge in [-0.1, -0.05) is 12.1 Å². The van der Waals surface area contributed by atoms with E-state index in [4.69, 9.17) is 14.8 Å². The standard InChI is InChI=1S/C31H34N10O3/c1-20-26(17-33-28-27(20)32-7-13-44-28)41-8-6-22-14-34-30(38-25(22)19-41)37-24-4-2-21(3-5-24)18-39-9-11-40(12-10-39)31-35-15-23(16-36-31)29(42)43/h2-5,14-17,32H,6-13,18-19H2,1H3,(H,42,43)(H,34,37,38). The van der Waals surface area contributed by atoms with Gasteiger partial charge in [0.15, 0.2) is 0 Å². The quantitative estimate of drug-likeness (QED) is 0.288. The summed E-state index contributed by atoms with van der Waals surface area (Å²) in [7, 11) is 0.